The molecule has 0 unspecified atom stereocenters. The van der Waals surface area contributed by atoms with E-state index in [9.17, 15) is 4.79 Å². The minimum Gasteiger partial charge on any atom is -0.457 e. The predicted molar refractivity (Wildman–Crippen MR) is 35.6 cm³/mol. The molecule has 1 radical (unpaired) electrons. The number of rotatable bonds is 0. The van der Waals surface area contributed by atoms with E-state index >= 15 is 0 Å². The van der Waals surface area contributed by atoms with Crippen LogP contribution < -0.4 is 0 Å². The summed E-state index contributed by atoms with van der Waals surface area (Å²) < 4.78 is 4.78. The maximum absolute atomic E-state index is 10.8. The molecule has 2 rings (SSSR count). The van der Waals surface area contributed by atoms with Gasteiger partial charge in [0.05, 0.1) is 5.56 Å². The van der Waals surface area contributed by atoms with Crippen molar-refractivity contribution in [3.63, 3.8) is 0 Å². The number of hydrogen-bond acceptors (Lipinski definition) is 2. The van der Waals surface area contributed by atoms with Gasteiger partial charge in [-0.3, -0.25) is 0 Å². The van der Waals surface area contributed by atoms with Gasteiger partial charge in [-0.15, -0.1) is 0 Å². The molecule has 3 heteroatoms. The van der Waals surface area contributed by atoms with Crippen molar-refractivity contribution >= 4 is 5.97 Å². The van der Waals surface area contributed by atoms with Crippen molar-refractivity contribution in [1.82, 2.24) is 0 Å². The Balaban J connectivity index is 0.000000605. The van der Waals surface area contributed by atoms with Crippen molar-refractivity contribution in [3.8, 4) is 0 Å². The van der Waals surface area contributed by atoms with E-state index in [4.69, 9.17) is 4.74 Å². The van der Waals surface area contributed by atoms with Crippen molar-refractivity contribution < 1.29 is 26.6 Å². The Morgan fingerprint density at radius 3 is 2.73 bits per heavy atom. The summed E-state index contributed by atoms with van der Waals surface area (Å²) in [5.74, 6) is -0.199. The molecule has 61 valence electrons. The quantitative estimate of drug-likeness (QED) is 0.464. The van der Waals surface area contributed by atoms with Crippen LogP contribution in [0.5, 0.6) is 0 Å². The topological polar surface area (TPSA) is 26.3 Å². The molecule has 0 spiro atoms. The van der Waals surface area contributed by atoms with Gasteiger partial charge in [0.25, 0.3) is 0 Å². The molecule has 1 aromatic carbocycles. The second-order valence-electron chi connectivity index (χ2n) is 2.23. The Morgan fingerprint density at radius 1 is 1.27 bits per heavy atom. The summed E-state index contributed by atoms with van der Waals surface area (Å²) in [6, 6.07) is 7.43. The van der Waals surface area contributed by atoms with Gasteiger partial charge < -0.3 is 4.74 Å². The zero-order chi connectivity index (χ0) is 6.97. The van der Waals surface area contributed by atoms with Crippen molar-refractivity contribution in [2.45, 2.75) is 6.61 Å². The summed E-state index contributed by atoms with van der Waals surface area (Å²) in [6.45, 7) is 0.439. The average molecular weight is 198 g/mol. The van der Waals surface area contributed by atoms with Gasteiger partial charge in [-0.1, -0.05) is 18.2 Å². The molecule has 0 saturated heterocycles. The van der Waals surface area contributed by atoms with Crippen LogP contribution in [0, 0.1) is 0 Å². The van der Waals surface area contributed by atoms with E-state index in [0.717, 1.165) is 5.56 Å². The van der Waals surface area contributed by atoms with Gasteiger partial charge in [0, 0.05) is 22.6 Å². The van der Waals surface area contributed by atoms with E-state index in [2.05, 4.69) is 0 Å². The van der Waals surface area contributed by atoms with Crippen LogP contribution in [0.2, 0.25) is 0 Å². The second-order valence-corrected chi connectivity index (χ2v) is 2.23. The Morgan fingerprint density at radius 2 is 2.00 bits per heavy atom. The van der Waals surface area contributed by atoms with Gasteiger partial charge in [-0.05, 0) is 6.07 Å². The van der Waals surface area contributed by atoms with Gasteiger partial charge in [0.15, 0.2) is 0 Å². The molecule has 1 aliphatic heterocycles. The fourth-order valence-corrected chi connectivity index (χ4v) is 1.07. The molecule has 0 bridgehead atoms. The molecule has 0 fully saturated rings. The summed E-state index contributed by atoms with van der Waals surface area (Å²) >= 11 is 0. The summed E-state index contributed by atoms with van der Waals surface area (Å²) in [5.41, 5.74) is 1.70. The Kier molecular flexibility index (Phi) is 2.32. The zero-order valence-electron chi connectivity index (χ0n) is 5.63. The number of cyclic esters (lactones) is 1. The van der Waals surface area contributed by atoms with Crippen molar-refractivity contribution in [1.29, 1.82) is 0 Å². The van der Waals surface area contributed by atoms with E-state index in [1.807, 2.05) is 18.2 Å². The van der Waals surface area contributed by atoms with E-state index in [1.54, 1.807) is 6.07 Å². The monoisotopic (exact) mass is 197 g/mol. The average Bonchev–Trinajstić information content (AvgIpc) is 2.34. The number of benzene rings is 1. The maximum atomic E-state index is 10.8. The smallest absolute Gasteiger partial charge is 0.338 e. The molecule has 1 aliphatic rings. The van der Waals surface area contributed by atoms with E-state index < -0.39 is 0 Å². The molecule has 0 N–H and O–H groups in total. The van der Waals surface area contributed by atoms with Crippen molar-refractivity contribution in [2.75, 3.05) is 0 Å². The molecule has 2 nitrogen and oxygen atoms in total. The Hall–Kier alpha value is -0.791. The standard InChI is InChI=1S/C8H6O2.Cu/c9-8-7-4-2-1-3-6(7)5-10-8;/h1-4H,5H2;. The Labute approximate surface area is 75.0 Å². The molecule has 0 aromatic heterocycles. The normalized spacial score (nSPS) is 13.3. The second kappa shape index (κ2) is 3.07. The van der Waals surface area contributed by atoms with Crippen molar-refractivity contribution in [3.05, 3.63) is 35.4 Å². The number of carbonyl (C=O) groups is 1. The molecule has 1 heterocycles. The number of hydrogen-bond donors (Lipinski definition) is 0. The van der Waals surface area contributed by atoms with Gasteiger partial charge >= 0.3 is 5.97 Å². The molecular formula is C8H6CuO2. The minimum absolute atomic E-state index is 0. The summed E-state index contributed by atoms with van der Waals surface area (Å²) in [6.07, 6.45) is 0. The number of fused-ring (bicyclic) bond motifs is 1. The van der Waals surface area contributed by atoms with E-state index in [1.165, 1.54) is 0 Å². The molecule has 0 saturated carbocycles. The third-order valence-corrected chi connectivity index (χ3v) is 1.60. The number of ether oxygens (including phenoxy) is 1. The van der Waals surface area contributed by atoms with E-state index in [0.29, 0.717) is 12.2 Å². The molecule has 0 amide bonds. The summed E-state index contributed by atoms with van der Waals surface area (Å²) in [4.78, 5) is 10.8. The molecule has 0 atom stereocenters. The van der Waals surface area contributed by atoms with Crippen LogP contribution >= 0.6 is 0 Å². The van der Waals surface area contributed by atoms with Gasteiger partial charge in [-0.25, -0.2) is 4.79 Å². The maximum Gasteiger partial charge on any atom is 0.338 e. The fraction of sp³-hybridized carbons (Fsp3) is 0.125. The first-order chi connectivity index (χ1) is 4.88. The SMILES string of the molecule is O=C1OCc2ccccc21.[Cu]. The molecule has 0 aliphatic carbocycles. The van der Waals surface area contributed by atoms with Gasteiger partial charge in [-0.2, -0.15) is 0 Å². The van der Waals surface area contributed by atoms with E-state index in [-0.39, 0.29) is 23.0 Å². The van der Waals surface area contributed by atoms with Crippen LogP contribution in [0.25, 0.3) is 0 Å². The van der Waals surface area contributed by atoms with Crippen LogP contribution in [-0.4, -0.2) is 5.97 Å². The minimum atomic E-state index is -0.199. The van der Waals surface area contributed by atoms with Crippen LogP contribution in [0.4, 0.5) is 0 Å². The number of esters is 1. The first-order valence-corrected chi connectivity index (χ1v) is 3.13. The summed E-state index contributed by atoms with van der Waals surface area (Å²) in [5, 5.41) is 0. The zero-order valence-corrected chi connectivity index (χ0v) is 6.58. The third kappa shape index (κ3) is 1.30. The van der Waals surface area contributed by atoms with Gasteiger partial charge in [0.1, 0.15) is 6.61 Å². The van der Waals surface area contributed by atoms with Gasteiger partial charge in [0.2, 0.25) is 0 Å². The largest absolute Gasteiger partial charge is 0.457 e. The van der Waals surface area contributed by atoms with Crippen molar-refractivity contribution in [2.24, 2.45) is 0 Å². The molecular weight excluding hydrogens is 192 g/mol. The Bertz CT molecular complexity index is 283. The van der Waals surface area contributed by atoms with Crippen LogP contribution in [0.3, 0.4) is 0 Å². The molecule has 1 aromatic rings. The number of carbonyl (C=O) groups excluding carboxylic acids is 1. The predicted octanol–water partition coefficient (Wildman–Crippen LogP) is 1.35. The van der Waals surface area contributed by atoms with Crippen LogP contribution in [-0.2, 0) is 28.4 Å². The van der Waals surface area contributed by atoms with Crippen LogP contribution in [0.1, 0.15) is 15.9 Å². The first kappa shape index (κ1) is 8.31. The molecule has 11 heavy (non-hydrogen) atoms. The summed E-state index contributed by atoms with van der Waals surface area (Å²) in [7, 11) is 0. The third-order valence-electron chi connectivity index (χ3n) is 1.60. The first-order valence-electron chi connectivity index (χ1n) is 3.13. The van der Waals surface area contributed by atoms with Crippen LogP contribution in [0.15, 0.2) is 24.3 Å². The fourth-order valence-electron chi connectivity index (χ4n) is 1.07.